The van der Waals surface area contributed by atoms with E-state index in [4.69, 9.17) is 12.8 Å². The van der Waals surface area contributed by atoms with E-state index in [1.54, 1.807) is 34.0 Å². The van der Waals surface area contributed by atoms with E-state index >= 15 is 19.2 Å². The molecule has 0 radical (unpaired) electrons. The zero-order valence-electron chi connectivity index (χ0n) is 69.0. The molecule has 122 heavy (non-hydrogen) atoms. The number of fused-ring (bicyclic) bond motifs is 11. The number of benzene rings is 9. The molecule has 0 N–H and O–H groups in total. The van der Waals surface area contributed by atoms with Crippen LogP contribution in [0.4, 0.5) is 0 Å². The van der Waals surface area contributed by atoms with Gasteiger partial charge in [0.25, 0.3) is 23.6 Å². The molecule has 4 amide bonds. The summed E-state index contributed by atoms with van der Waals surface area (Å²) in [7, 11) is 0. The van der Waals surface area contributed by atoms with Crippen LogP contribution in [0.5, 0.6) is 0 Å². The van der Waals surface area contributed by atoms with Crippen LogP contribution in [0.1, 0.15) is 206 Å². The Morgan fingerprint density at radius 2 is 0.680 bits per heavy atom. The SMILES string of the molecule is C#CC#CC#CC#CC#CC#CC#CC(CCCCCCCCCCCC)CN1C(=O)c2ccc3c4c(-c5ccc(C)s5)cc5c6c(ccc(c7cc(-c8ccc(-c9cc%10c(ccc%11c%10ccc%10c%12ccc%13sc(C)cc%13c%12ccc%11%10)s9)s8)c(c2c73)C1=O)c64)C(=O)N(CC(C#CC#CC#CC#CC#CC#CC#C)CCCCCCCCCCCC)C5=O. The second kappa shape index (κ2) is 40.0. The molecule has 0 saturated carbocycles. The van der Waals surface area contributed by atoms with E-state index in [2.05, 4.69) is 273 Å². The summed E-state index contributed by atoms with van der Waals surface area (Å²) in [6, 6.07) is 43.2. The maximum absolute atomic E-state index is 16.6. The molecular weight excluding hydrogens is 1570 g/mol. The number of imide groups is 2. The first kappa shape index (κ1) is 83.6. The minimum atomic E-state index is -0.425. The van der Waals surface area contributed by atoms with Gasteiger partial charge in [0.05, 0.1) is 5.56 Å². The van der Waals surface area contributed by atoms with E-state index in [0.717, 1.165) is 118 Å². The van der Waals surface area contributed by atoms with Crippen molar-refractivity contribution < 1.29 is 19.2 Å². The standard InChI is InChI=1S/C112H84N2O4S4/c1-7-11-15-19-23-27-31-33-37-41-44-48-52-79(51-47-43-39-35-29-25-21-17-13-9-3)75-113-109(115)89-62-60-87-93-72-95(100-69-70-101(121-100)102-74-92-86-59-57-81-82(84(86)65-68-98(92)122-102)56-58-85-83(81)64-67-97-91(85)71-78(6)120-97)108-107-90(63-61-88(103(93)107)104-94(99-66-55-77(5)119-99)73-96(111(113)117)105(89)106(87)104)110(116)114(112(108)118)76-80(53-49-45-40-36-30-26-22-18-14-10-4)54-50-46-42-38-34-32-28-24-20-16-12-8-2/h1-2,55-74,79-80H,9-10,13-14,17-18,21-22,25-26,29-30,35-36,39-40,43,45,47,49,51,53,75-76H2,3-6H3. The average molecular weight is 1650 g/mol. The van der Waals surface area contributed by atoms with Crippen molar-refractivity contribution in [2.24, 2.45) is 11.8 Å². The van der Waals surface area contributed by atoms with E-state index in [1.807, 2.05) is 41.7 Å². The number of hydrogen-bond acceptors (Lipinski definition) is 8. The molecule has 0 bridgehead atoms. The lowest BCUT2D eigenvalue weighted by Gasteiger charge is -2.32. The molecule has 0 saturated heterocycles. The number of hydrogen-bond donors (Lipinski definition) is 0. The van der Waals surface area contributed by atoms with Crippen molar-refractivity contribution in [3.05, 3.63) is 153 Å². The highest BCUT2D eigenvalue weighted by molar-refractivity contribution is 7.27. The molecule has 4 aromatic heterocycles. The molecule has 10 heteroatoms. The molecule has 6 heterocycles. The van der Waals surface area contributed by atoms with Crippen LogP contribution in [0, 0.1) is 192 Å². The van der Waals surface area contributed by atoms with Gasteiger partial charge in [-0.3, -0.25) is 29.0 Å². The molecule has 0 aliphatic carbocycles. The van der Waals surface area contributed by atoms with Crippen molar-refractivity contribution in [3.8, 4) is 197 Å². The van der Waals surface area contributed by atoms with Gasteiger partial charge in [-0.2, -0.15) is 0 Å². The zero-order chi connectivity index (χ0) is 84.3. The number of carbonyl (C=O) groups is 4. The molecule has 2 aliphatic rings. The van der Waals surface area contributed by atoms with Crippen molar-refractivity contribution in [1.29, 1.82) is 0 Å². The molecule has 2 unspecified atom stereocenters. The van der Waals surface area contributed by atoms with E-state index in [9.17, 15) is 0 Å². The highest BCUT2D eigenvalue weighted by atomic mass is 32.1. The molecule has 2 atom stereocenters. The second-order valence-electron chi connectivity index (χ2n) is 31.0. The molecule has 0 spiro atoms. The minimum absolute atomic E-state index is 0.0330. The summed E-state index contributed by atoms with van der Waals surface area (Å²) in [5, 5.41) is 15.6. The van der Waals surface area contributed by atoms with Crippen LogP contribution in [0.3, 0.4) is 0 Å². The molecule has 9 aromatic carbocycles. The number of rotatable bonds is 29. The van der Waals surface area contributed by atoms with Gasteiger partial charge in [-0.15, -0.1) is 58.2 Å². The summed E-state index contributed by atoms with van der Waals surface area (Å²) < 4.78 is 2.46. The quantitative estimate of drug-likeness (QED) is 0.0154. The summed E-state index contributed by atoms with van der Waals surface area (Å²) in [6.07, 6.45) is 34.7. The predicted octanol–water partition coefficient (Wildman–Crippen LogP) is 25.7. The second-order valence-corrected chi connectivity index (χ2v) is 35.8. The van der Waals surface area contributed by atoms with E-state index < -0.39 is 35.5 Å². The number of thiophene rings is 4. The fraction of sp³-hybridized carbons (Fsp3) is 0.268. The first-order valence-electron chi connectivity index (χ1n) is 42.3. The van der Waals surface area contributed by atoms with Gasteiger partial charge in [0.1, 0.15) is 0 Å². The highest BCUT2D eigenvalue weighted by Gasteiger charge is 2.41. The average Bonchev–Trinajstić information content (AvgIpc) is 0.740. The van der Waals surface area contributed by atoms with Crippen LogP contribution in [0.2, 0.25) is 0 Å². The number of nitrogens with zero attached hydrogens (tertiary/aromatic N) is 2. The first-order chi connectivity index (χ1) is 60.0. The highest BCUT2D eigenvalue weighted by Crippen LogP contribution is 2.54. The number of terminal acetylenes is 2. The third-order valence-electron chi connectivity index (χ3n) is 23.0. The Labute approximate surface area is 732 Å². The fourth-order valence-corrected chi connectivity index (χ4v) is 21.3. The summed E-state index contributed by atoms with van der Waals surface area (Å²) in [5.74, 6) is 67.7. The van der Waals surface area contributed by atoms with E-state index in [-0.39, 0.29) is 13.1 Å². The topological polar surface area (TPSA) is 74.8 Å². The molecule has 15 rings (SSSR count). The van der Waals surface area contributed by atoms with Gasteiger partial charge in [-0.1, -0.05) is 203 Å². The van der Waals surface area contributed by atoms with Gasteiger partial charge in [0.15, 0.2) is 0 Å². The fourth-order valence-electron chi connectivity index (χ4n) is 17.3. The summed E-state index contributed by atoms with van der Waals surface area (Å²) >= 11 is 6.82. The smallest absolute Gasteiger partial charge is 0.262 e. The zero-order valence-corrected chi connectivity index (χ0v) is 72.3. The largest absolute Gasteiger partial charge is 0.273 e. The Kier molecular flexibility index (Phi) is 27.4. The van der Waals surface area contributed by atoms with Crippen LogP contribution in [0.15, 0.2) is 121 Å². The number of carbonyl (C=O) groups excluding carboxylic acids is 4. The molecule has 13 aromatic rings. The normalized spacial score (nSPS) is 12.0. The maximum atomic E-state index is 16.6. The first-order valence-corrected chi connectivity index (χ1v) is 45.5. The lowest BCUT2D eigenvalue weighted by molar-refractivity contribution is 0.0579. The van der Waals surface area contributed by atoms with Gasteiger partial charge >= 0.3 is 0 Å². The third kappa shape index (κ3) is 18.3. The third-order valence-corrected chi connectivity index (χ3v) is 27.5. The van der Waals surface area contributed by atoms with Crippen molar-refractivity contribution in [3.63, 3.8) is 0 Å². The summed E-state index contributed by atoms with van der Waals surface area (Å²) in [6.45, 7) is 8.82. The van der Waals surface area contributed by atoms with Crippen LogP contribution < -0.4 is 0 Å². The minimum Gasteiger partial charge on any atom is -0.273 e. The molecule has 590 valence electrons. The van der Waals surface area contributed by atoms with Crippen LogP contribution >= 0.6 is 45.3 Å². The van der Waals surface area contributed by atoms with Crippen LogP contribution in [0.25, 0.3) is 126 Å². The lowest BCUT2D eigenvalue weighted by Crippen LogP contribution is -2.43. The summed E-state index contributed by atoms with van der Waals surface area (Å²) in [5.41, 5.74) is 3.13. The van der Waals surface area contributed by atoms with Gasteiger partial charge in [-0.05, 0) is 306 Å². The van der Waals surface area contributed by atoms with Crippen molar-refractivity contribution in [1.82, 2.24) is 9.80 Å². The predicted molar refractivity (Wildman–Crippen MR) is 514 cm³/mol. The number of amides is 4. The van der Waals surface area contributed by atoms with Gasteiger partial charge in [-0.25, -0.2) is 0 Å². The van der Waals surface area contributed by atoms with Gasteiger partial charge < -0.3 is 0 Å². The molecule has 6 nitrogen and oxygen atoms in total. The van der Waals surface area contributed by atoms with Gasteiger partial charge in [0, 0.05) is 113 Å². The Bertz CT molecular complexity index is 7410. The molecule has 2 aliphatic heterocycles. The monoisotopic (exact) mass is 1650 g/mol. The summed E-state index contributed by atoms with van der Waals surface area (Å²) in [4.78, 5) is 73.2. The Hall–Kier alpha value is -13.5. The number of aryl methyl sites for hydroxylation is 2. The van der Waals surface area contributed by atoms with Crippen molar-refractivity contribution in [2.75, 3.05) is 13.1 Å². The number of unbranched alkanes of at least 4 members (excludes halogenated alkanes) is 18. The van der Waals surface area contributed by atoms with Crippen LogP contribution in [-0.2, 0) is 0 Å². The molecule has 0 fully saturated rings. The Morgan fingerprint density at radius 3 is 1.18 bits per heavy atom. The van der Waals surface area contributed by atoms with E-state index in [0.29, 0.717) is 51.4 Å². The lowest BCUT2D eigenvalue weighted by atomic mass is 9.79. The Morgan fingerprint density at radius 1 is 0.279 bits per heavy atom. The van der Waals surface area contributed by atoms with Crippen molar-refractivity contribution in [2.45, 2.75) is 169 Å². The molecular formula is C112H84N2O4S4. The van der Waals surface area contributed by atoms with Crippen LogP contribution in [-0.4, -0.2) is 46.5 Å². The maximum Gasteiger partial charge on any atom is 0.262 e. The Balaban J connectivity index is 0.839. The van der Waals surface area contributed by atoms with E-state index in [1.165, 1.54) is 140 Å². The van der Waals surface area contributed by atoms with Gasteiger partial charge in [0.2, 0.25) is 0 Å². The van der Waals surface area contributed by atoms with Crippen molar-refractivity contribution >= 4 is 165 Å².